The molecule has 1 aliphatic heterocycles. The van der Waals surface area contributed by atoms with Crippen LogP contribution in [0.25, 0.3) is 6.08 Å². The number of hydrogen-bond donors (Lipinski definition) is 2. The molecule has 37 heavy (non-hydrogen) atoms. The van der Waals surface area contributed by atoms with Gasteiger partial charge in [0.2, 0.25) is 0 Å². The fourth-order valence-corrected chi connectivity index (χ4v) is 4.68. The summed E-state index contributed by atoms with van der Waals surface area (Å²) in [6.07, 6.45) is 14.4. The summed E-state index contributed by atoms with van der Waals surface area (Å²) in [5.74, 6) is 1.37. The first kappa shape index (κ1) is 32.7. The van der Waals surface area contributed by atoms with Crippen molar-refractivity contribution in [2.75, 3.05) is 19.8 Å². The number of nitrogen functional groups attached to an aromatic ring is 1. The summed E-state index contributed by atoms with van der Waals surface area (Å²) in [7, 11) is 3.56. The highest BCUT2D eigenvalue weighted by atomic mass is 19.4. The summed E-state index contributed by atoms with van der Waals surface area (Å²) in [4.78, 5) is 3.63. The monoisotopic (exact) mass is 523 g/mol. The normalized spacial score (nSPS) is 21.8. The Morgan fingerprint density at radius 2 is 1.57 bits per heavy atom. The number of pyridine rings is 1. The number of aromatic nitrogens is 1. The summed E-state index contributed by atoms with van der Waals surface area (Å²) in [6, 6.07) is 1.51. The number of alkyl halides is 3. The van der Waals surface area contributed by atoms with Crippen molar-refractivity contribution in [1.29, 1.82) is 0 Å². The topological polar surface area (TPSA) is 80.5 Å². The second-order valence-electron chi connectivity index (χ2n) is 9.55. The Labute approximate surface area is 222 Å². The van der Waals surface area contributed by atoms with Gasteiger partial charge in [-0.15, -0.1) is 6.58 Å². The van der Waals surface area contributed by atoms with Crippen LogP contribution >= 0.6 is 0 Å². The van der Waals surface area contributed by atoms with Crippen LogP contribution in [0.4, 0.5) is 18.9 Å². The fraction of sp³-hybridized carbons (Fsp3) is 0.655. The molecule has 4 aliphatic rings. The maximum atomic E-state index is 12.5. The van der Waals surface area contributed by atoms with Crippen molar-refractivity contribution in [3.63, 3.8) is 0 Å². The summed E-state index contributed by atoms with van der Waals surface area (Å²) in [6.45, 7) is 9.75. The van der Waals surface area contributed by atoms with Gasteiger partial charge in [0, 0.05) is 30.4 Å². The molecule has 0 bridgehead atoms. The average molecular weight is 524 g/mol. The van der Waals surface area contributed by atoms with Crippen molar-refractivity contribution in [1.82, 2.24) is 9.99 Å². The molecule has 3 aliphatic carbocycles. The van der Waals surface area contributed by atoms with E-state index in [0.717, 1.165) is 24.0 Å². The molecule has 2 atom stereocenters. The van der Waals surface area contributed by atoms with E-state index in [1.54, 1.807) is 6.08 Å². The van der Waals surface area contributed by atoms with Crippen LogP contribution in [-0.4, -0.2) is 36.3 Å². The van der Waals surface area contributed by atoms with Crippen LogP contribution in [0.2, 0.25) is 0 Å². The Bertz CT molecular complexity index is 860. The van der Waals surface area contributed by atoms with E-state index in [1.165, 1.54) is 58.4 Å². The van der Waals surface area contributed by atoms with Crippen LogP contribution < -0.4 is 11.5 Å². The number of rotatable bonds is 2. The van der Waals surface area contributed by atoms with Crippen molar-refractivity contribution >= 4 is 18.0 Å². The highest BCUT2D eigenvalue weighted by Crippen LogP contribution is 2.40. The van der Waals surface area contributed by atoms with E-state index < -0.39 is 11.9 Å². The number of anilines is 1. The third kappa shape index (κ3) is 10.5. The van der Waals surface area contributed by atoms with Gasteiger partial charge in [0.15, 0.2) is 0 Å². The minimum absolute atomic E-state index is 0.149. The molecule has 0 saturated heterocycles. The van der Waals surface area contributed by atoms with Gasteiger partial charge in [0.05, 0.1) is 11.7 Å². The molecule has 5 rings (SSSR count). The Morgan fingerprint density at radius 3 is 2.03 bits per heavy atom. The largest absolute Gasteiger partial charge is 0.433 e. The van der Waals surface area contributed by atoms with E-state index in [4.69, 9.17) is 5.73 Å². The molecule has 4 N–H and O–H groups in total. The minimum Gasteiger partial charge on any atom is -0.398 e. The second kappa shape index (κ2) is 16.5. The Kier molecular flexibility index (Phi) is 14.6. The standard InChI is InChI=1S/C11H11F3N2.C9H14N2.C6H12.C2H6.CH5N/c1-6-2-3-9-7(4-6)8(15)5-10(16-9)11(12,13)14;1-3-7-6-10-11(2)9(7)8-4-5-8;1-2-4-6-5-3-1;2*1-2/h4-5H,2-3H2,1H3,(H2,15,16);3,6-9H,1,4-5H2,2H3;1-6H2;1-2H3;2H2,1H3. The molecule has 0 spiro atoms. The molecule has 8 heteroatoms. The molecule has 0 aromatic carbocycles. The van der Waals surface area contributed by atoms with E-state index in [9.17, 15) is 13.2 Å². The molecule has 210 valence electrons. The number of halogens is 3. The summed E-state index contributed by atoms with van der Waals surface area (Å²) >= 11 is 0. The number of nitrogens with zero attached hydrogens (tertiary/aromatic N) is 3. The van der Waals surface area contributed by atoms with E-state index in [0.29, 0.717) is 29.6 Å². The number of aryl methyl sites for hydroxylation is 1. The number of hydrogen-bond acceptors (Lipinski definition) is 5. The summed E-state index contributed by atoms with van der Waals surface area (Å²) in [5, 5.41) is 6.36. The van der Waals surface area contributed by atoms with Gasteiger partial charge in [0.1, 0.15) is 5.69 Å². The van der Waals surface area contributed by atoms with Crippen molar-refractivity contribution in [2.24, 2.45) is 22.7 Å². The zero-order chi connectivity index (χ0) is 28.0. The smallest absolute Gasteiger partial charge is 0.398 e. The van der Waals surface area contributed by atoms with Crippen molar-refractivity contribution in [3.8, 4) is 0 Å². The number of allylic oxidation sites excluding steroid dienone is 1. The van der Waals surface area contributed by atoms with Crippen molar-refractivity contribution in [2.45, 2.75) is 97.2 Å². The van der Waals surface area contributed by atoms with Gasteiger partial charge in [-0.2, -0.15) is 18.3 Å². The van der Waals surface area contributed by atoms with Crippen molar-refractivity contribution < 1.29 is 13.2 Å². The van der Waals surface area contributed by atoms with Gasteiger partial charge in [-0.25, -0.2) is 4.98 Å². The highest BCUT2D eigenvalue weighted by Gasteiger charge is 2.39. The van der Waals surface area contributed by atoms with E-state index in [-0.39, 0.29) is 5.69 Å². The Balaban J connectivity index is 0.000000282. The quantitative estimate of drug-likeness (QED) is 0.394. The molecule has 2 fully saturated rings. The van der Waals surface area contributed by atoms with Crippen molar-refractivity contribution in [3.05, 3.63) is 41.2 Å². The van der Waals surface area contributed by atoms with Gasteiger partial charge in [-0.05, 0) is 51.6 Å². The number of fused-ring (bicyclic) bond motifs is 1. The highest BCUT2D eigenvalue weighted by molar-refractivity contribution is 5.70. The first-order valence-corrected chi connectivity index (χ1v) is 13.7. The summed E-state index contributed by atoms with van der Waals surface area (Å²) < 4.78 is 37.4. The first-order valence-electron chi connectivity index (χ1n) is 13.7. The number of hydrazone groups is 1. The van der Waals surface area contributed by atoms with E-state index in [1.807, 2.05) is 33.1 Å². The maximum Gasteiger partial charge on any atom is 0.433 e. The second-order valence-corrected chi connectivity index (χ2v) is 9.55. The molecular formula is C29H48F3N5. The maximum absolute atomic E-state index is 12.5. The Hall–Kier alpha value is -2.35. The molecule has 2 heterocycles. The summed E-state index contributed by atoms with van der Waals surface area (Å²) in [5.41, 5.74) is 11.6. The van der Waals surface area contributed by atoms with Crippen LogP contribution in [0.3, 0.4) is 0 Å². The average Bonchev–Trinajstić information content (AvgIpc) is 3.68. The van der Waals surface area contributed by atoms with Gasteiger partial charge in [-0.1, -0.05) is 70.1 Å². The van der Waals surface area contributed by atoms with Crippen LogP contribution in [0.1, 0.15) is 95.5 Å². The van der Waals surface area contributed by atoms with E-state index in [2.05, 4.69) is 34.5 Å². The predicted molar refractivity (Wildman–Crippen MR) is 151 cm³/mol. The van der Waals surface area contributed by atoms with E-state index >= 15 is 0 Å². The van der Waals surface area contributed by atoms with Gasteiger partial charge in [-0.3, -0.25) is 5.01 Å². The van der Waals surface area contributed by atoms with Gasteiger partial charge in [0.25, 0.3) is 0 Å². The fourth-order valence-electron chi connectivity index (χ4n) is 4.68. The van der Waals surface area contributed by atoms with Gasteiger partial charge >= 0.3 is 6.18 Å². The molecule has 2 saturated carbocycles. The number of nitrogens with two attached hydrogens (primary N) is 2. The van der Waals surface area contributed by atoms with Gasteiger partial charge < -0.3 is 11.5 Å². The molecule has 1 aromatic rings. The molecule has 0 radical (unpaired) electrons. The van der Waals surface area contributed by atoms with Crippen LogP contribution in [0.5, 0.6) is 0 Å². The first-order chi connectivity index (χ1) is 17.7. The zero-order valence-electron chi connectivity index (χ0n) is 23.4. The zero-order valence-corrected chi connectivity index (χ0v) is 23.4. The third-order valence-electron chi connectivity index (χ3n) is 6.73. The lowest BCUT2D eigenvalue weighted by Crippen LogP contribution is -2.30. The molecule has 2 unspecified atom stereocenters. The third-order valence-corrected chi connectivity index (χ3v) is 6.73. The lowest BCUT2D eigenvalue weighted by Gasteiger charge is -2.21. The minimum atomic E-state index is -4.43. The molecule has 1 aromatic heterocycles. The molecule has 5 nitrogen and oxygen atoms in total. The lowest BCUT2D eigenvalue weighted by atomic mass is 9.95. The van der Waals surface area contributed by atoms with Crippen LogP contribution in [0, 0.1) is 11.8 Å². The molecular weight excluding hydrogens is 475 g/mol. The van der Waals surface area contributed by atoms with Crippen LogP contribution in [0.15, 0.2) is 29.4 Å². The predicted octanol–water partition coefficient (Wildman–Crippen LogP) is 7.47. The lowest BCUT2D eigenvalue weighted by molar-refractivity contribution is -0.141. The Morgan fingerprint density at radius 1 is 1.03 bits per heavy atom. The van der Waals surface area contributed by atoms with Crippen LogP contribution in [-0.2, 0) is 12.6 Å². The molecule has 0 amide bonds. The SMILES string of the molecule is C1CCCCC1.C=CC1C=NN(C)C1C1CC1.CC.CC1=Cc2c(N)cc(C(F)(F)F)nc2CC1.CN.